The summed E-state index contributed by atoms with van der Waals surface area (Å²) < 4.78 is 16.6. The molecular formula is C19H23N5O7. The molecule has 12 nitrogen and oxygen atoms in total. The molecule has 2 aromatic heterocycles. The number of esters is 1. The van der Waals surface area contributed by atoms with Gasteiger partial charge in [-0.25, -0.2) is 14.3 Å². The third kappa shape index (κ3) is 4.02. The number of nitrogens with one attached hydrogen (secondary N) is 1. The number of aliphatic hydroxyl groups is 2. The summed E-state index contributed by atoms with van der Waals surface area (Å²) >= 11 is 0. The number of amides is 1. The molecule has 1 amide bonds. The quantitative estimate of drug-likeness (QED) is 0.460. The first-order chi connectivity index (χ1) is 14.5. The van der Waals surface area contributed by atoms with Gasteiger partial charge in [-0.3, -0.25) is 10.1 Å². The van der Waals surface area contributed by atoms with Crippen LogP contribution in [0.15, 0.2) is 18.5 Å². The van der Waals surface area contributed by atoms with Crippen molar-refractivity contribution >= 4 is 23.4 Å². The van der Waals surface area contributed by atoms with Crippen molar-refractivity contribution in [2.24, 2.45) is 5.41 Å². The van der Waals surface area contributed by atoms with Crippen molar-refractivity contribution in [2.45, 2.75) is 51.6 Å². The number of nitrogens with zero attached hydrogens (tertiary/aromatic N) is 4. The summed E-state index contributed by atoms with van der Waals surface area (Å²) in [5, 5.41) is 36.7. The van der Waals surface area contributed by atoms with Gasteiger partial charge in [0.2, 0.25) is 12.4 Å². The summed E-state index contributed by atoms with van der Waals surface area (Å²) in [6.07, 6.45) is -3.38. The monoisotopic (exact) mass is 433 g/mol. The fourth-order valence-corrected chi connectivity index (χ4v) is 3.09. The Bertz CT molecular complexity index is 1040. The van der Waals surface area contributed by atoms with Crippen LogP contribution in [0.2, 0.25) is 0 Å². The number of anilines is 1. The Morgan fingerprint density at radius 1 is 1.35 bits per heavy atom. The zero-order valence-corrected chi connectivity index (χ0v) is 17.4. The van der Waals surface area contributed by atoms with Gasteiger partial charge in [-0.2, -0.15) is 10.4 Å². The molecule has 1 aliphatic heterocycles. The topological polar surface area (TPSA) is 168 Å². The van der Waals surface area contributed by atoms with Crippen LogP contribution in [0.3, 0.4) is 0 Å². The van der Waals surface area contributed by atoms with Crippen molar-refractivity contribution in [2.75, 3.05) is 12.1 Å². The second-order valence-corrected chi connectivity index (χ2v) is 8.09. The molecule has 0 radical (unpaired) electrons. The van der Waals surface area contributed by atoms with E-state index < -0.39 is 48.2 Å². The lowest BCUT2D eigenvalue weighted by atomic mass is 9.93. The Kier molecular flexibility index (Phi) is 5.86. The van der Waals surface area contributed by atoms with E-state index in [1.54, 1.807) is 20.8 Å². The van der Waals surface area contributed by atoms with Crippen LogP contribution in [-0.4, -0.2) is 62.0 Å². The average Bonchev–Trinajstić information content (AvgIpc) is 3.23. The first-order valence-electron chi connectivity index (χ1n) is 9.40. The van der Waals surface area contributed by atoms with Gasteiger partial charge in [0.25, 0.3) is 0 Å². The molecule has 3 rings (SSSR count). The molecule has 2 aromatic rings. The Hall–Kier alpha value is -3.27. The third-order valence-corrected chi connectivity index (χ3v) is 4.80. The SMILES string of the molecule is C[C@H]1O[C@@](C#N)(c2ccc3c(NC(=O)OCOC(=O)C(C)(C)C)ncnn23)[C@H](O)[C@@H]1O. The molecular weight excluding hydrogens is 410 g/mol. The number of carbonyl (C=O) groups is 2. The molecule has 1 saturated heterocycles. The van der Waals surface area contributed by atoms with E-state index in [1.807, 2.05) is 6.07 Å². The maximum atomic E-state index is 12.1. The highest BCUT2D eigenvalue weighted by Crippen LogP contribution is 2.40. The fourth-order valence-electron chi connectivity index (χ4n) is 3.09. The lowest BCUT2D eigenvalue weighted by Crippen LogP contribution is -2.40. The van der Waals surface area contributed by atoms with E-state index in [0.29, 0.717) is 0 Å². The first-order valence-corrected chi connectivity index (χ1v) is 9.40. The van der Waals surface area contributed by atoms with E-state index in [9.17, 15) is 25.1 Å². The maximum Gasteiger partial charge on any atom is 0.415 e. The van der Waals surface area contributed by atoms with Gasteiger partial charge in [-0.15, -0.1) is 0 Å². The number of nitriles is 1. The molecule has 166 valence electrons. The van der Waals surface area contributed by atoms with E-state index >= 15 is 0 Å². The van der Waals surface area contributed by atoms with Crippen LogP contribution in [0.5, 0.6) is 0 Å². The Morgan fingerprint density at radius 2 is 2.06 bits per heavy atom. The lowest BCUT2D eigenvalue weighted by Gasteiger charge is -2.24. The lowest BCUT2D eigenvalue weighted by molar-refractivity contribution is -0.161. The minimum atomic E-state index is -1.86. The molecule has 1 fully saturated rings. The van der Waals surface area contributed by atoms with Crippen LogP contribution in [0.1, 0.15) is 33.4 Å². The fraction of sp³-hybridized carbons (Fsp3) is 0.526. The minimum absolute atomic E-state index is 0.0440. The van der Waals surface area contributed by atoms with Crippen LogP contribution in [0.4, 0.5) is 10.6 Å². The van der Waals surface area contributed by atoms with Crippen LogP contribution in [0, 0.1) is 16.7 Å². The van der Waals surface area contributed by atoms with Gasteiger partial charge in [0.05, 0.1) is 17.2 Å². The standard InChI is InChI=1S/C19H23N5O7/c1-10-13(25)14(26)19(7-20,31-10)12-6-5-11-15(21-8-22-24(11)12)23-17(28)30-9-29-16(27)18(2,3)4/h5-6,8,10,13-14,25-26H,9H2,1-4H3,(H,21,22,23,28)/t10-,13-,14-,19+/m1/s1. The normalized spacial score (nSPS) is 25.8. The van der Waals surface area contributed by atoms with Gasteiger partial charge in [-0.1, -0.05) is 0 Å². The molecule has 0 aliphatic carbocycles. The van der Waals surface area contributed by atoms with E-state index in [2.05, 4.69) is 15.4 Å². The molecule has 3 N–H and O–H groups in total. The predicted molar refractivity (Wildman–Crippen MR) is 103 cm³/mol. The molecule has 12 heteroatoms. The number of aromatic nitrogens is 3. The highest BCUT2D eigenvalue weighted by molar-refractivity contribution is 5.88. The van der Waals surface area contributed by atoms with E-state index in [-0.39, 0.29) is 17.0 Å². The smallest absolute Gasteiger partial charge is 0.415 e. The van der Waals surface area contributed by atoms with Gasteiger partial charge in [0, 0.05) is 0 Å². The number of hydrogen-bond acceptors (Lipinski definition) is 10. The Balaban J connectivity index is 1.79. The Morgan fingerprint density at radius 3 is 2.65 bits per heavy atom. The van der Waals surface area contributed by atoms with Gasteiger partial charge >= 0.3 is 12.1 Å². The first kappa shape index (κ1) is 22.4. The Labute approximate surface area is 177 Å². The minimum Gasteiger partial charge on any atom is -0.427 e. The zero-order valence-electron chi connectivity index (χ0n) is 17.4. The molecule has 31 heavy (non-hydrogen) atoms. The van der Waals surface area contributed by atoms with Crippen LogP contribution >= 0.6 is 0 Å². The second kappa shape index (κ2) is 8.10. The molecule has 0 bridgehead atoms. The summed E-state index contributed by atoms with van der Waals surface area (Å²) in [7, 11) is 0. The van der Waals surface area contributed by atoms with Gasteiger partial charge < -0.3 is 24.4 Å². The molecule has 0 spiro atoms. The number of hydrogen-bond donors (Lipinski definition) is 3. The number of carbonyl (C=O) groups excluding carboxylic acids is 2. The van der Waals surface area contributed by atoms with Crippen molar-refractivity contribution in [1.82, 2.24) is 14.6 Å². The summed E-state index contributed by atoms with van der Waals surface area (Å²) in [5.74, 6) is -0.489. The van der Waals surface area contributed by atoms with Gasteiger partial charge in [-0.05, 0) is 39.8 Å². The van der Waals surface area contributed by atoms with Crippen molar-refractivity contribution in [3.05, 3.63) is 24.2 Å². The number of rotatable bonds is 4. The molecule has 0 aromatic carbocycles. The highest BCUT2D eigenvalue weighted by Gasteiger charge is 2.56. The van der Waals surface area contributed by atoms with E-state index in [0.717, 1.165) is 6.33 Å². The summed E-state index contributed by atoms with van der Waals surface area (Å²) in [6.45, 7) is 5.94. The largest absolute Gasteiger partial charge is 0.427 e. The zero-order chi connectivity index (χ0) is 23.0. The molecule has 1 aliphatic rings. The van der Waals surface area contributed by atoms with Gasteiger partial charge in [0.1, 0.15) is 30.1 Å². The molecule has 0 saturated carbocycles. The highest BCUT2D eigenvalue weighted by atomic mass is 16.7. The number of ether oxygens (including phenoxy) is 3. The van der Waals surface area contributed by atoms with Crippen molar-refractivity contribution < 1.29 is 34.0 Å². The summed E-state index contributed by atoms with van der Waals surface area (Å²) in [4.78, 5) is 27.7. The molecule has 3 heterocycles. The van der Waals surface area contributed by atoms with E-state index in [1.165, 1.54) is 23.6 Å². The summed E-state index contributed by atoms with van der Waals surface area (Å²) in [6, 6.07) is 4.90. The molecule has 0 unspecified atom stereocenters. The van der Waals surface area contributed by atoms with Crippen molar-refractivity contribution in [3.8, 4) is 6.07 Å². The van der Waals surface area contributed by atoms with Crippen molar-refractivity contribution in [1.29, 1.82) is 5.26 Å². The van der Waals surface area contributed by atoms with Crippen LogP contribution in [0.25, 0.3) is 5.52 Å². The average molecular weight is 433 g/mol. The number of aliphatic hydroxyl groups excluding tert-OH is 2. The number of fused-ring (bicyclic) bond motifs is 1. The van der Waals surface area contributed by atoms with Crippen LogP contribution < -0.4 is 5.32 Å². The third-order valence-electron chi connectivity index (χ3n) is 4.80. The van der Waals surface area contributed by atoms with E-state index in [4.69, 9.17) is 14.2 Å². The molecule has 4 atom stereocenters. The van der Waals surface area contributed by atoms with Crippen LogP contribution in [-0.2, 0) is 24.6 Å². The predicted octanol–water partition coefficient (Wildman–Crippen LogP) is 0.684. The maximum absolute atomic E-state index is 12.1. The summed E-state index contributed by atoms with van der Waals surface area (Å²) in [5.41, 5.74) is -2.17. The second-order valence-electron chi connectivity index (χ2n) is 8.09. The van der Waals surface area contributed by atoms with Gasteiger partial charge in [0.15, 0.2) is 5.82 Å². The van der Waals surface area contributed by atoms with Crippen molar-refractivity contribution in [3.63, 3.8) is 0 Å².